The highest BCUT2D eigenvalue weighted by Gasteiger charge is 2.40. The minimum absolute atomic E-state index is 0.200. The normalized spacial score (nSPS) is 14.3. The molecule has 6 nitrogen and oxygen atoms in total. The Balaban J connectivity index is 1.67. The summed E-state index contributed by atoms with van der Waals surface area (Å²) in [6.45, 7) is 1.83. The van der Waals surface area contributed by atoms with Crippen molar-refractivity contribution in [2.75, 3.05) is 5.43 Å². The molecule has 152 valence electrons. The van der Waals surface area contributed by atoms with Gasteiger partial charge in [0.1, 0.15) is 11.5 Å². The van der Waals surface area contributed by atoms with Gasteiger partial charge in [-0.05, 0) is 61.6 Å². The van der Waals surface area contributed by atoms with Crippen molar-refractivity contribution < 1.29 is 13.2 Å². The molecule has 9 heteroatoms. The highest BCUT2D eigenvalue weighted by molar-refractivity contribution is 5.89. The molecule has 4 aromatic rings. The lowest BCUT2D eigenvalue weighted by Crippen LogP contribution is -2.23. The number of anilines is 1. The number of nitrogens with zero attached hydrogens (tertiary/aromatic N) is 5. The molecule has 1 aliphatic rings. The number of halogens is 3. The van der Waals surface area contributed by atoms with Gasteiger partial charge in [0, 0.05) is 5.39 Å². The Morgan fingerprint density at radius 3 is 2.60 bits per heavy atom. The molecule has 1 aliphatic carbocycles. The number of hydrogen-bond acceptors (Lipinski definition) is 5. The van der Waals surface area contributed by atoms with Crippen molar-refractivity contribution in [3.63, 3.8) is 0 Å². The summed E-state index contributed by atoms with van der Waals surface area (Å²) in [7, 11) is 0. The number of rotatable bonds is 5. The van der Waals surface area contributed by atoms with E-state index in [4.69, 9.17) is 0 Å². The van der Waals surface area contributed by atoms with Gasteiger partial charge < -0.3 is 0 Å². The third-order valence-corrected chi connectivity index (χ3v) is 5.14. The topological polar surface area (TPSA) is 68.5 Å². The van der Waals surface area contributed by atoms with Gasteiger partial charge in [0.15, 0.2) is 5.82 Å². The standard InChI is InChI=1S/C21H17F3N6/c1-12-8-9-26-30(12)29-19-16-6-4-14(13-2-3-13)10-17(16)27-20(28-19)21(23,24)18-7-5-15(22)11-25-18/h4-11,13H,2-3H2,1H3,(H,27,28,29). The van der Waals surface area contributed by atoms with E-state index in [9.17, 15) is 4.39 Å². The smallest absolute Gasteiger partial charge is 0.260 e. The average Bonchev–Trinajstić information content (AvgIpc) is 3.51. The number of fused-ring (bicyclic) bond motifs is 1. The summed E-state index contributed by atoms with van der Waals surface area (Å²) in [5.41, 5.74) is 4.60. The van der Waals surface area contributed by atoms with Crippen molar-refractivity contribution in [2.24, 2.45) is 0 Å². The highest BCUT2D eigenvalue weighted by Crippen LogP contribution is 2.41. The van der Waals surface area contributed by atoms with Gasteiger partial charge in [0.25, 0.3) is 0 Å². The summed E-state index contributed by atoms with van der Waals surface area (Å²) in [6.07, 6.45) is 4.50. The van der Waals surface area contributed by atoms with E-state index in [0.29, 0.717) is 16.8 Å². The molecule has 0 amide bonds. The Bertz CT molecular complexity index is 1230. The molecule has 0 spiro atoms. The third-order valence-electron chi connectivity index (χ3n) is 5.14. The van der Waals surface area contributed by atoms with E-state index in [1.807, 2.05) is 25.1 Å². The van der Waals surface area contributed by atoms with Crippen LogP contribution in [0.25, 0.3) is 10.9 Å². The van der Waals surface area contributed by atoms with Gasteiger partial charge >= 0.3 is 5.92 Å². The Morgan fingerprint density at radius 1 is 1.10 bits per heavy atom. The van der Waals surface area contributed by atoms with Crippen LogP contribution in [-0.4, -0.2) is 24.8 Å². The molecule has 0 radical (unpaired) electrons. The maximum atomic E-state index is 15.2. The molecule has 0 unspecified atom stereocenters. The molecule has 0 saturated heterocycles. The second-order valence-electron chi connectivity index (χ2n) is 7.38. The summed E-state index contributed by atoms with van der Waals surface area (Å²) in [6, 6.07) is 9.29. The molecular weight excluding hydrogens is 393 g/mol. The van der Waals surface area contributed by atoms with E-state index in [0.717, 1.165) is 42.4 Å². The number of alkyl halides is 2. The van der Waals surface area contributed by atoms with E-state index < -0.39 is 23.3 Å². The molecule has 1 saturated carbocycles. The molecule has 1 aromatic carbocycles. The SMILES string of the molecule is Cc1ccnn1Nc1nc(C(F)(F)c2ccc(F)cn2)nc2cc(C3CC3)ccc12. The molecule has 5 rings (SSSR count). The summed E-state index contributed by atoms with van der Waals surface area (Å²) < 4.78 is 43.6. The van der Waals surface area contributed by atoms with Crippen LogP contribution in [0.4, 0.5) is 19.0 Å². The van der Waals surface area contributed by atoms with Crippen LogP contribution in [0.3, 0.4) is 0 Å². The number of aromatic nitrogens is 5. The fourth-order valence-electron chi connectivity index (χ4n) is 3.31. The van der Waals surface area contributed by atoms with Crippen LogP contribution >= 0.6 is 0 Å². The van der Waals surface area contributed by atoms with Gasteiger partial charge in [0.05, 0.1) is 23.6 Å². The first kappa shape index (κ1) is 18.5. The maximum absolute atomic E-state index is 15.2. The van der Waals surface area contributed by atoms with E-state index >= 15 is 8.78 Å². The van der Waals surface area contributed by atoms with E-state index in [1.165, 1.54) is 4.79 Å². The van der Waals surface area contributed by atoms with Gasteiger partial charge in [-0.25, -0.2) is 14.4 Å². The molecule has 30 heavy (non-hydrogen) atoms. The lowest BCUT2D eigenvalue weighted by atomic mass is 10.1. The zero-order valence-corrected chi connectivity index (χ0v) is 16.0. The lowest BCUT2D eigenvalue weighted by molar-refractivity contribution is 0.0285. The largest absolute Gasteiger partial charge is 0.348 e. The van der Waals surface area contributed by atoms with Crippen LogP contribution in [0.15, 0.2) is 48.8 Å². The maximum Gasteiger partial charge on any atom is 0.348 e. The first-order chi connectivity index (χ1) is 14.4. The van der Waals surface area contributed by atoms with Crippen LogP contribution in [0.2, 0.25) is 0 Å². The number of aryl methyl sites for hydroxylation is 1. The fourth-order valence-corrected chi connectivity index (χ4v) is 3.31. The zero-order valence-electron chi connectivity index (χ0n) is 16.0. The van der Waals surface area contributed by atoms with Crippen molar-refractivity contribution in [1.29, 1.82) is 0 Å². The van der Waals surface area contributed by atoms with Crippen LogP contribution in [0.5, 0.6) is 0 Å². The Hall–Kier alpha value is -3.49. The predicted molar refractivity (Wildman–Crippen MR) is 105 cm³/mol. The van der Waals surface area contributed by atoms with Gasteiger partial charge in [0.2, 0.25) is 5.82 Å². The minimum atomic E-state index is -3.60. The van der Waals surface area contributed by atoms with Crippen LogP contribution in [0.1, 0.15) is 41.5 Å². The first-order valence-corrected chi connectivity index (χ1v) is 9.51. The second kappa shape index (κ2) is 6.79. The van der Waals surface area contributed by atoms with Crippen molar-refractivity contribution in [1.82, 2.24) is 24.8 Å². The lowest BCUT2D eigenvalue weighted by Gasteiger charge is -2.17. The zero-order chi connectivity index (χ0) is 20.9. The van der Waals surface area contributed by atoms with E-state index in [2.05, 4.69) is 25.5 Å². The quantitative estimate of drug-likeness (QED) is 0.522. The predicted octanol–water partition coefficient (Wildman–Crippen LogP) is 4.56. The van der Waals surface area contributed by atoms with Gasteiger partial charge in [-0.1, -0.05) is 6.07 Å². The number of pyridine rings is 1. The number of hydrogen-bond donors (Lipinski definition) is 1. The molecule has 3 aromatic heterocycles. The average molecular weight is 410 g/mol. The molecule has 0 atom stereocenters. The molecule has 0 aliphatic heterocycles. The first-order valence-electron chi connectivity index (χ1n) is 9.51. The molecule has 1 N–H and O–H groups in total. The van der Waals surface area contributed by atoms with Crippen molar-refractivity contribution in [3.8, 4) is 0 Å². The summed E-state index contributed by atoms with van der Waals surface area (Å²) >= 11 is 0. The third kappa shape index (κ3) is 3.26. The van der Waals surface area contributed by atoms with Gasteiger partial charge in [-0.3, -0.25) is 10.4 Å². The van der Waals surface area contributed by atoms with Crippen molar-refractivity contribution in [2.45, 2.75) is 31.6 Å². The summed E-state index contributed by atoms with van der Waals surface area (Å²) in [5, 5.41) is 4.74. The monoisotopic (exact) mass is 410 g/mol. The van der Waals surface area contributed by atoms with Crippen LogP contribution in [-0.2, 0) is 5.92 Å². The second-order valence-corrected chi connectivity index (χ2v) is 7.38. The minimum Gasteiger partial charge on any atom is -0.260 e. The summed E-state index contributed by atoms with van der Waals surface area (Å²) in [4.78, 5) is 13.3. The van der Waals surface area contributed by atoms with Crippen molar-refractivity contribution >= 4 is 16.7 Å². The van der Waals surface area contributed by atoms with Crippen LogP contribution < -0.4 is 5.43 Å². The summed E-state index contributed by atoms with van der Waals surface area (Å²) in [5.74, 6) is -4.37. The molecular formula is C21H17F3N6. The fraction of sp³-hybridized carbons (Fsp3) is 0.238. The van der Waals surface area contributed by atoms with E-state index in [-0.39, 0.29) is 5.82 Å². The van der Waals surface area contributed by atoms with Crippen molar-refractivity contribution in [3.05, 3.63) is 77.4 Å². The number of nitrogens with one attached hydrogen (secondary N) is 1. The van der Waals surface area contributed by atoms with Crippen LogP contribution in [0, 0.1) is 12.7 Å². The highest BCUT2D eigenvalue weighted by atomic mass is 19.3. The Morgan fingerprint density at radius 2 is 1.93 bits per heavy atom. The molecule has 3 heterocycles. The van der Waals surface area contributed by atoms with Gasteiger partial charge in [-0.15, -0.1) is 0 Å². The Kier molecular flexibility index (Phi) is 4.19. The van der Waals surface area contributed by atoms with Gasteiger partial charge in [-0.2, -0.15) is 18.7 Å². The number of benzene rings is 1. The molecule has 0 bridgehead atoms. The Labute approximate surface area is 169 Å². The van der Waals surface area contributed by atoms with E-state index in [1.54, 1.807) is 12.3 Å². The molecule has 1 fully saturated rings.